The molecule has 1 N–H and O–H groups in total. The minimum atomic E-state index is 0.278. The largest absolute Gasteiger partial charge is 0.421 e. The number of nitrogens with zero attached hydrogens (tertiary/aromatic N) is 2. The fourth-order valence-electron chi connectivity index (χ4n) is 2.89. The molecule has 132 valence electrons. The van der Waals surface area contributed by atoms with Crippen molar-refractivity contribution in [1.82, 2.24) is 10.2 Å². The maximum atomic E-state index is 8.79. The second-order valence-electron chi connectivity index (χ2n) is 6.36. The van der Waals surface area contributed by atoms with Crippen LogP contribution in [-0.2, 0) is 12.8 Å². The standard InChI is InChI=1S/C20H30N2O2/c1-2-3-4-7-12-17-13-9-10-14-18(17)20-22-21-19(24-20)15-8-5-6-11-16-23/h9-10,13-14,23H,2-8,11-12,15-16H2,1H3. The van der Waals surface area contributed by atoms with Crippen LogP contribution in [0.1, 0.15) is 69.7 Å². The summed E-state index contributed by atoms with van der Waals surface area (Å²) in [6, 6.07) is 8.36. The summed E-state index contributed by atoms with van der Waals surface area (Å²) in [5, 5.41) is 17.2. The summed E-state index contributed by atoms with van der Waals surface area (Å²) in [5.41, 5.74) is 2.37. The highest BCUT2D eigenvalue weighted by Gasteiger charge is 2.12. The van der Waals surface area contributed by atoms with E-state index in [0.29, 0.717) is 5.89 Å². The van der Waals surface area contributed by atoms with Gasteiger partial charge in [-0.2, -0.15) is 0 Å². The number of hydrogen-bond acceptors (Lipinski definition) is 4. The first kappa shape index (κ1) is 18.7. The number of aliphatic hydroxyl groups is 1. The average molecular weight is 330 g/mol. The molecule has 2 aromatic rings. The van der Waals surface area contributed by atoms with E-state index >= 15 is 0 Å². The van der Waals surface area contributed by atoms with E-state index in [1.54, 1.807) is 0 Å². The second kappa shape index (κ2) is 11.0. The molecule has 0 atom stereocenters. The molecule has 1 aromatic carbocycles. The zero-order valence-electron chi connectivity index (χ0n) is 14.8. The molecule has 0 amide bonds. The molecule has 2 rings (SSSR count). The second-order valence-corrected chi connectivity index (χ2v) is 6.36. The zero-order valence-corrected chi connectivity index (χ0v) is 14.8. The van der Waals surface area contributed by atoms with Crippen LogP contribution in [0.4, 0.5) is 0 Å². The Bertz CT molecular complexity index is 581. The minimum Gasteiger partial charge on any atom is -0.421 e. The van der Waals surface area contributed by atoms with Gasteiger partial charge in [-0.05, 0) is 37.3 Å². The molecule has 0 spiro atoms. The third-order valence-corrected chi connectivity index (χ3v) is 4.31. The lowest BCUT2D eigenvalue weighted by molar-refractivity contribution is 0.282. The summed E-state index contributed by atoms with van der Waals surface area (Å²) in [5.74, 6) is 1.36. The maximum absolute atomic E-state index is 8.79. The summed E-state index contributed by atoms with van der Waals surface area (Å²) >= 11 is 0. The lowest BCUT2D eigenvalue weighted by Crippen LogP contribution is -1.91. The van der Waals surface area contributed by atoms with Gasteiger partial charge in [0.15, 0.2) is 0 Å². The van der Waals surface area contributed by atoms with Crippen molar-refractivity contribution in [3.05, 3.63) is 35.7 Å². The molecule has 1 heterocycles. The Hall–Kier alpha value is -1.68. The summed E-state index contributed by atoms with van der Waals surface area (Å²) in [4.78, 5) is 0. The molecule has 0 aliphatic heterocycles. The van der Waals surface area contributed by atoms with Crippen LogP contribution in [0.25, 0.3) is 11.5 Å². The molecular weight excluding hydrogens is 300 g/mol. The monoisotopic (exact) mass is 330 g/mol. The topological polar surface area (TPSA) is 59.2 Å². The Morgan fingerprint density at radius 2 is 1.62 bits per heavy atom. The van der Waals surface area contributed by atoms with Gasteiger partial charge in [0, 0.05) is 18.6 Å². The smallest absolute Gasteiger partial charge is 0.248 e. The van der Waals surface area contributed by atoms with Crippen LogP contribution in [-0.4, -0.2) is 21.9 Å². The van der Waals surface area contributed by atoms with Crippen LogP contribution >= 0.6 is 0 Å². The number of benzene rings is 1. The van der Waals surface area contributed by atoms with Gasteiger partial charge in [0.1, 0.15) is 0 Å². The molecule has 0 aliphatic rings. The predicted molar refractivity (Wildman–Crippen MR) is 96.8 cm³/mol. The van der Waals surface area contributed by atoms with Gasteiger partial charge in [0.25, 0.3) is 0 Å². The summed E-state index contributed by atoms with van der Waals surface area (Å²) in [7, 11) is 0. The lowest BCUT2D eigenvalue weighted by Gasteiger charge is -2.06. The average Bonchev–Trinajstić information content (AvgIpc) is 3.08. The number of unbranched alkanes of at least 4 members (excludes halogenated alkanes) is 6. The third-order valence-electron chi connectivity index (χ3n) is 4.31. The van der Waals surface area contributed by atoms with Crippen molar-refractivity contribution in [3.63, 3.8) is 0 Å². The Labute approximate surface area is 145 Å². The molecule has 0 unspecified atom stereocenters. The Balaban J connectivity index is 1.91. The van der Waals surface area contributed by atoms with Gasteiger partial charge in [-0.1, -0.05) is 57.2 Å². The van der Waals surface area contributed by atoms with Crippen LogP contribution in [0, 0.1) is 0 Å². The molecule has 4 nitrogen and oxygen atoms in total. The molecule has 0 radical (unpaired) electrons. The van der Waals surface area contributed by atoms with Crippen molar-refractivity contribution >= 4 is 0 Å². The van der Waals surface area contributed by atoms with E-state index in [-0.39, 0.29) is 6.61 Å². The van der Waals surface area contributed by atoms with Gasteiger partial charge >= 0.3 is 0 Å². The molecular formula is C20H30N2O2. The van der Waals surface area contributed by atoms with Crippen molar-refractivity contribution in [2.45, 2.75) is 71.1 Å². The van der Waals surface area contributed by atoms with E-state index in [2.05, 4.69) is 35.3 Å². The van der Waals surface area contributed by atoms with Crippen molar-refractivity contribution in [3.8, 4) is 11.5 Å². The van der Waals surface area contributed by atoms with E-state index in [1.165, 1.54) is 31.2 Å². The van der Waals surface area contributed by atoms with Gasteiger partial charge in [0.2, 0.25) is 11.8 Å². The molecule has 24 heavy (non-hydrogen) atoms. The molecule has 0 fully saturated rings. The molecule has 1 aromatic heterocycles. The normalized spacial score (nSPS) is 11.1. The third kappa shape index (κ3) is 6.08. The van der Waals surface area contributed by atoms with Gasteiger partial charge < -0.3 is 9.52 Å². The van der Waals surface area contributed by atoms with Crippen molar-refractivity contribution in [2.24, 2.45) is 0 Å². The Morgan fingerprint density at radius 3 is 2.46 bits per heavy atom. The number of rotatable bonds is 12. The Kier molecular flexibility index (Phi) is 8.53. The van der Waals surface area contributed by atoms with Gasteiger partial charge in [-0.15, -0.1) is 10.2 Å². The maximum Gasteiger partial charge on any atom is 0.248 e. The SMILES string of the molecule is CCCCCCc1ccccc1-c1nnc(CCCCCCO)o1. The molecule has 4 heteroatoms. The van der Waals surface area contributed by atoms with Crippen LogP contribution in [0.15, 0.2) is 28.7 Å². The highest BCUT2D eigenvalue weighted by atomic mass is 16.4. The first-order valence-electron chi connectivity index (χ1n) is 9.36. The predicted octanol–water partition coefficient (Wildman–Crippen LogP) is 4.95. The van der Waals surface area contributed by atoms with Crippen LogP contribution in [0.5, 0.6) is 0 Å². The fourth-order valence-corrected chi connectivity index (χ4v) is 2.89. The number of aromatic nitrogens is 2. The molecule has 0 aliphatic carbocycles. The van der Waals surface area contributed by atoms with Crippen LogP contribution in [0.2, 0.25) is 0 Å². The lowest BCUT2D eigenvalue weighted by atomic mass is 10.0. The van der Waals surface area contributed by atoms with E-state index < -0.39 is 0 Å². The number of aryl methyl sites for hydroxylation is 2. The molecule has 0 saturated carbocycles. The summed E-state index contributed by atoms with van der Waals surface area (Å²) in [6.07, 6.45) is 11.0. The van der Waals surface area contributed by atoms with Crippen molar-refractivity contribution in [2.75, 3.05) is 6.61 Å². The first-order valence-corrected chi connectivity index (χ1v) is 9.36. The molecule has 0 saturated heterocycles. The minimum absolute atomic E-state index is 0.278. The highest BCUT2D eigenvalue weighted by Crippen LogP contribution is 2.24. The zero-order chi connectivity index (χ0) is 17.0. The first-order chi connectivity index (χ1) is 11.8. The Morgan fingerprint density at radius 1 is 0.875 bits per heavy atom. The highest BCUT2D eigenvalue weighted by molar-refractivity contribution is 5.58. The van der Waals surface area contributed by atoms with E-state index in [9.17, 15) is 0 Å². The summed E-state index contributed by atoms with van der Waals surface area (Å²) in [6.45, 7) is 2.51. The summed E-state index contributed by atoms with van der Waals surface area (Å²) < 4.78 is 5.87. The van der Waals surface area contributed by atoms with E-state index in [4.69, 9.17) is 9.52 Å². The van der Waals surface area contributed by atoms with Crippen molar-refractivity contribution < 1.29 is 9.52 Å². The van der Waals surface area contributed by atoms with Gasteiger partial charge in [0.05, 0.1) is 0 Å². The van der Waals surface area contributed by atoms with Gasteiger partial charge in [-0.25, -0.2) is 0 Å². The van der Waals surface area contributed by atoms with Gasteiger partial charge in [-0.3, -0.25) is 0 Å². The number of hydrogen-bond donors (Lipinski definition) is 1. The molecule has 0 bridgehead atoms. The van der Waals surface area contributed by atoms with Crippen molar-refractivity contribution in [1.29, 1.82) is 0 Å². The van der Waals surface area contributed by atoms with E-state index in [0.717, 1.165) is 50.0 Å². The quantitative estimate of drug-likeness (QED) is 0.559. The van der Waals surface area contributed by atoms with Crippen LogP contribution in [0.3, 0.4) is 0 Å². The van der Waals surface area contributed by atoms with Crippen LogP contribution < -0.4 is 0 Å². The fraction of sp³-hybridized carbons (Fsp3) is 0.600. The number of aliphatic hydroxyl groups excluding tert-OH is 1. The van der Waals surface area contributed by atoms with E-state index in [1.807, 2.05) is 6.07 Å².